The lowest BCUT2D eigenvalue weighted by molar-refractivity contribution is -0.385. The molecule has 0 saturated carbocycles. The number of hydrogen-bond acceptors (Lipinski definition) is 7. The topological polar surface area (TPSA) is 119 Å². The lowest BCUT2D eigenvalue weighted by Crippen LogP contribution is -2.32. The number of likely N-dealkylation sites (tertiary alicyclic amines) is 1. The van der Waals surface area contributed by atoms with Gasteiger partial charge in [-0.15, -0.1) is 0 Å². The molecule has 1 aliphatic heterocycles. The molecule has 0 bridgehead atoms. The van der Waals surface area contributed by atoms with Crippen LogP contribution in [0.15, 0.2) is 72.3 Å². The van der Waals surface area contributed by atoms with Crippen LogP contribution in [-0.4, -0.2) is 47.4 Å². The first-order chi connectivity index (χ1) is 17.8. The summed E-state index contributed by atoms with van der Waals surface area (Å²) in [6.45, 7) is 0.0109. The number of methoxy groups -OCH3 is 2. The first-order valence-corrected chi connectivity index (χ1v) is 11.3. The number of carbonyl (C=O) groups is 2. The van der Waals surface area contributed by atoms with Gasteiger partial charge in [-0.3, -0.25) is 19.7 Å². The minimum atomic E-state index is -1.23. The van der Waals surface area contributed by atoms with Crippen molar-refractivity contribution in [2.75, 3.05) is 20.8 Å². The van der Waals surface area contributed by atoms with E-state index < -0.39 is 34.2 Å². The molecule has 190 valence electrons. The molecular weight excluding hydrogens is 483 g/mol. The Labute approximate surface area is 211 Å². The third-order valence-corrected chi connectivity index (χ3v) is 6.17. The van der Waals surface area contributed by atoms with E-state index in [0.717, 1.165) is 17.7 Å². The number of hydrogen-bond donors (Lipinski definition) is 1. The Kier molecular flexibility index (Phi) is 7.19. The molecule has 1 unspecified atom stereocenters. The summed E-state index contributed by atoms with van der Waals surface area (Å²) in [7, 11) is 3.00. The number of nitrogens with zero attached hydrogens (tertiary/aromatic N) is 2. The number of para-hydroxylation sites is 1. The molecule has 0 aliphatic carbocycles. The third-order valence-electron chi connectivity index (χ3n) is 6.17. The molecule has 37 heavy (non-hydrogen) atoms. The Morgan fingerprint density at radius 2 is 1.70 bits per heavy atom. The fourth-order valence-electron chi connectivity index (χ4n) is 4.37. The Balaban J connectivity index is 1.80. The van der Waals surface area contributed by atoms with Crippen molar-refractivity contribution < 1.29 is 33.5 Å². The van der Waals surface area contributed by atoms with Gasteiger partial charge in [-0.05, 0) is 54.4 Å². The van der Waals surface area contributed by atoms with Crippen molar-refractivity contribution >= 4 is 23.1 Å². The predicted molar refractivity (Wildman–Crippen MR) is 132 cm³/mol. The van der Waals surface area contributed by atoms with Crippen LogP contribution in [0.2, 0.25) is 0 Å². The third kappa shape index (κ3) is 4.86. The molecule has 1 fully saturated rings. The van der Waals surface area contributed by atoms with E-state index in [9.17, 15) is 29.2 Å². The van der Waals surface area contributed by atoms with Crippen LogP contribution >= 0.6 is 0 Å². The zero-order chi connectivity index (χ0) is 26.7. The molecular formula is C27H23FN2O7. The van der Waals surface area contributed by atoms with Gasteiger partial charge in [0.15, 0.2) is 11.5 Å². The maximum absolute atomic E-state index is 13.5. The van der Waals surface area contributed by atoms with Crippen molar-refractivity contribution in [3.8, 4) is 11.5 Å². The van der Waals surface area contributed by atoms with Crippen molar-refractivity contribution in [3.05, 3.63) is 105 Å². The normalized spacial score (nSPS) is 16.6. The van der Waals surface area contributed by atoms with E-state index in [2.05, 4.69) is 0 Å². The van der Waals surface area contributed by atoms with Gasteiger partial charge in [0.25, 0.3) is 17.4 Å². The van der Waals surface area contributed by atoms with Crippen LogP contribution in [0.4, 0.5) is 10.1 Å². The molecule has 0 spiro atoms. The minimum Gasteiger partial charge on any atom is -0.507 e. The zero-order valence-electron chi connectivity index (χ0n) is 20.0. The van der Waals surface area contributed by atoms with E-state index in [4.69, 9.17) is 9.47 Å². The molecule has 1 N–H and O–H groups in total. The highest BCUT2D eigenvalue weighted by molar-refractivity contribution is 6.46. The van der Waals surface area contributed by atoms with E-state index in [1.165, 1.54) is 49.5 Å². The van der Waals surface area contributed by atoms with E-state index in [1.54, 1.807) is 24.3 Å². The van der Waals surface area contributed by atoms with Crippen LogP contribution in [0.3, 0.4) is 0 Å². The van der Waals surface area contributed by atoms with Crippen molar-refractivity contribution in [1.82, 2.24) is 4.90 Å². The largest absolute Gasteiger partial charge is 0.507 e. The molecule has 1 heterocycles. The fourth-order valence-corrected chi connectivity index (χ4v) is 4.37. The molecule has 4 rings (SSSR count). The molecule has 9 nitrogen and oxygen atoms in total. The number of halogens is 1. The highest BCUT2D eigenvalue weighted by Crippen LogP contribution is 2.42. The fraction of sp³-hybridized carbons (Fsp3) is 0.185. The van der Waals surface area contributed by atoms with Crippen LogP contribution in [0, 0.1) is 15.9 Å². The summed E-state index contributed by atoms with van der Waals surface area (Å²) in [5, 5.41) is 22.9. The molecule has 3 aromatic rings. The van der Waals surface area contributed by atoms with Gasteiger partial charge in [0.1, 0.15) is 11.6 Å². The second-order valence-electron chi connectivity index (χ2n) is 8.25. The average Bonchev–Trinajstić information content (AvgIpc) is 3.16. The molecule has 10 heteroatoms. The standard InChI is InChI=1S/C27H23FN2O7/c1-36-21-12-7-16(15-22(21)37-2)13-14-29-24(19-5-3-4-6-20(19)30(34)35)23(26(32)27(29)33)25(31)17-8-10-18(28)11-9-17/h3-12,15,24,31H,13-14H2,1-2H3. The number of rotatable bonds is 8. The molecule has 1 aliphatic rings. The van der Waals surface area contributed by atoms with Gasteiger partial charge >= 0.3 is 0 Å². The number of aliphatic hydroxyl groups is 1. The number of carbonyl (C=O) groups excluding carboxylic acids is 2. The van der Waals surface area contributed by atoms with Crippen LogP contribution in [0.1, 0.15) is 22.7 Å². The summed E-state index contributed by atoms with van der Waals surface area (Å²) in [5.41, 5.74) is 0.318. The monoisotopic (exact) mass is 506 g/mol. The number of amides is 1. The number of nitro benzene ring substituents is 1. The smallest absolute Gasteiger partial charge is 0.295 e. The van der Waals surface area contributed by atoms with Gasteiger partial charge in [0, 0.05) is 18.2 Å². The first-order valence-electron chi connectivity index (χ1n) is 11.3. The number of ketones is 1. The van der Waals surface area contributed by atoms with Gasteiger partial charge in [-0.2, -0.15) is 0 Å². The predicted octanol–water partition coefficient (Wildman–Crippen LogP) is 4.42. The summed E-state index contributed by atoms with van der Waals surface area (Å²) < 4.78 is 24.0. The Bertz CT molecular complexity index is 1400. The highest BCUT2D eigenvalue weighted by atomic mass is 19.1. The van der Waals surface area contributed by atoms with E-state index in [-0.39, 0.29) is 35.4 Å². The second kappa shape index (κ2) is 10.5. The van der Waals surface area contributed by atoms with Crippen molar-refractivity contribution in [1.29, 1.82) is 0 Å². The van der Waals surface area contributed by atoms with Crippen LogP contribution in [-0.2, 0) is 16.0 Å². The maximum atomic E-state index is 13.5. The van der Waals surface area contributed by atoms with Crippen molar-refractivity contribution in [3.63, 3.8) is 0 Å². The summed E-state index contributed by atoms with van der Waals surface area (Å²) in [4.78, 5) is 38.7. The lowest BCUT2D eigenvalue weighted by Gasteiger charge is -2.25. The van der Waals surface area contributed by atoms with Crippen LogP contribution < -0.4 is 9.47 Å². The quantitative estimate of drug-likeness (QED) is 0.158. The molecule has 1 atom stereocenters. The molecule has 3 aromatic carbocycles. The lowest BCUT2D eigenvalue weighted by atomic mass is 9.94. The van der Waals surface area contributed by atoms with Gasteiger partial charge in [-0.1, -0.05) is 18.2 Å². The molecule has 0 radical (unpaired) electrons. The zero-order valence-corrected chi connectivity index (χ0v) is 20.0. The van der Waals surface area contributed by atoms with Crippen LogP contribution in [0.5, 0.6) is 11.5 Å². The molecule has 0 aromatic heterocycles. The van der Waals surface area contributed by atoms with Gasteiger partial charge < -0.3 is 19.5 Å². The van der Waals surface area contributed by atoms with Crippen molar-refractivity contribution in [2.45, 2.75) is 12.5 Å². The highest BCUT2D eigenvalue weighted by Gasteiger charge is 2.47. The van der Waals surface area contributed by atoms with E-state index in [0.29, 0.717) is 11.5 Å². The summed E-state index contributed by atoms with van der Waals surface area (Å²) >= 11 is 0. The number of Topliss-reactive ketones (excluding diaryl/α,β-unsaturated/α-hetero) is 1. The Morgan fingerprint density at radius 1 is 1.03 bits per heavy atom. The summed E-state index contributed by atoms with van der Waals surface area (Å²) in [6.07, 6.45) is 0.279. The maximum Gasteiger partial charge on any atom is 0.295 e. The Morgan fingerprint density at radius 3 is 2.35 bits per heavy atom. The van der Waals surface area contributed by atoms with E-state index >= 15 is 0 Å². The van der Waals surface area contributed by atoms with E-state index in [1.807, 2.05) is 0 Å². The van der Waals surface area contributed by atoms with Gasteiger partial charge in [-0.25, -0.2) is 4.39 Å². The molecule has 1 saturated heterocycles. The van der Waals surface area contributed by atoms with Gasteiger partial charge in [0.2, 0.25) is 0 Å². The van der Waals surface area contributed by atoms with Gasteiger partial charge in [0.05, 0.1) is 36.3 Å². The summed E-state index contributed by atoms with van der Waals surface area (Å²) in [5.74, 6) is -2.00. The Hall–Kier alpha value is -4.73. The minimum absolute atomic E-state index is 0.0109. The number of nitro groups is 1. The SMILES string of the molecule is COc1ccc(CCN2C(=O)C(=O)C(=C(O)c3ccc(F)cc3)C2c2ccccc2[N+](=O)[O-])cc1OC. The summed E-state index contributed by atoms with van der Waals surface area (Å²) in [6, 6.07) is 14.4. The number of aliphatic hydroxyl groups excluding tert-OH is 1. The van der Waals surface area contributed by atoms with Crippen LogP contribution in [0.25, 0.3) is 5.76 Å². The second-order valence-corrected chi connectivity index (χ2v) is 8.25. The molecule has 1 amide bonds. The first kappa shape index (κ1) is 25.4. The number of benzene rings is 3. The van der Waals surface area contributed by atoms with Crippen molar-refractivity contribution in [2.24, 2.45) is 0 Å². The number of ether oxygens (including phenoxy) is 2. The average molecular weight is 506 g/mol.